The van der Waals surface area contributed by atoms with Crippen molar-refractivity contribution >= 4 is 33.4 Å². The summed E-state index contributed by atoms with van der Waals surface area (Å²) < 4.78 is 0. The summed E-state index contributed by atoms with van der Waals surface area (Å²) in [6, 6.07) is 31.6. The lowest BCUT2D eigenvalue weighted by Crippen LogP contribution is -1.79. The van der Waals surface area contributed by atoms with Gasteiger partial charge in [-0.3, -0.25) is 0 Å². The van der Waals surface area contributed by atoms with E-state index in [0.717, 1.165) is 27.0 Å². The molecule has 1 N–H and O–H groups in total. The molecule has 5 aromatic rings. The van der Waals surface area contributed by atoms with Crippen LogP contribution in [0, 0.1) is 0 Å². The van der Waals surface area contributed by atoms with Crippen molar-refractivity contribution in [3.8, 4) is 22.3 Å². The quantitative estimate of drug-likeness (QED) is 0.342. The van der Waals surface area contributed by atoms with Crippen LogP contribution >= 0.6 is 11.6 Å². The van der Waals surface area contributed by atoms with Crippen LogP contribution in [0.2, 0.25) is 5.02 Å². The van der Waals surface area contributed by atoms with Crippen LogP contribution in [-0.2, 0) is 0 Å². The fourth-order valence-corrected chi connectivity index (χ4v) is 3.83. The Morgan fingerprint density at radius 2 is 1.15 bits per heavy atom. The lowest BCUT2D eigenvalue weighted by atomic mass is 10.0. The van der Waals surface area contributed by atoms with Crippen molar-refractivity contribution in [2.75, 3.05) is 0 Å². The van der Waals surface area contributed by atoms with Crippen LogP contribution in [0.25, 0.3) is 44.1 Å². The molecule has 26 heavy (non-hydrogen) atoms. The average Bonchev–Trinajstić information content (AvgIpc) is 3.08. The molecule has 0 radical (unpaired) electrons. The molecular formula is C24H16ClN. The summed E-state index contributed by atoms with van der Waals surface area (Å²) >= 11 is 6.61. The van der Waals surface area contributed by atoms with Crippen LogP contribution in [0.5, 0.6) is 0 Å². The van der Waals surface area contributed by atoms with E-state index in [1.807, 2.05) is 18.2 Å². The van der Waals surface area contributed by atoms with E-state index in [9.17, 15) is 0 Å². The van der Waals surface area contributed by atoms with Gasteiger partial charge in [0, 0.05) is 16.3 Å². The van der Waals surface area contributed by atoms with Crippen LogP contribution in [0.4, 0.5) is 0 Å². The van der Waals surface area contributed by atoms with Gasteiger partial charge in [-0.15, -0.1) is 0 Å². The SMILES string of the molecule is Clc1cc(-c2ccccc2)cc2c1[nH]c1ccc(-c3ccccc3)cc12. The molecule has 0 aliphatic heterocycles. The minimum absolute atomic E-state index is 0.749. The van der Waals surface area contributed by atoms with Gasteiger partial charge in [-0.1, -0.05) is 78.3 Å². The van der Waals surface area contributed by atoms with Gasteiger partial charge in [0.15, 0.2) is 0 Å². The first-order valence-electron chi connectivity index (χ1n) is 8.65. The van der Waals surface area contributed by atoms with E-state index in [2.05, 4.69) is 77.8 Å². The lowest BCUT2D eigenvalue weighted by Gasteiger charge is -2.04. The monoisotopic (exact) mass is 353 g/mol. The van der Waals surface area contributed by atoms with E-state index in [4.69, 9.17) is 11.6 Å². The maximum absolute atomic E-state index is 6.61. The van der Waals surface area contributed by atoms with E-state index in [-0.39, 0.29) is 0 Å². The molecule has 1 heterocycles. The third-order valence-electron chi connectivity index (χ3n) is 4.87. The second kappa shape index (κ2) is 6.05. The Bertz CT molecular complexity index is 1220. The smallest absolute Gasteiger partial charge is 0.0654 e. The fraction of sp³-hybridized carbons (Fsp3) is 0. The van der Waals surface area contributed by atoms with Crippen molar-refractivity contribution in [3.05, 3.63) is 96.0 Å². The molecule has 0 aliphatic rings. The molecule has 0 amide bonds. The molecule has 1 aromatic heterocycles. The molecule has 0 atom stereocenters. The molecule has 2 heteroatoms. The van der Waals surface area contributed by atoms with Crippen LogP contribution in [0.1, 0.15) is 0 Å². The molecule has 0 unspecified atom stereocenters. The van der Waals surface area contributed by atoms with E-state index >= 15 is 0 Å². The van der Waals surface area contributed by atoms with Crippen molar-refractivity contribution in [2.24, 2.45) is 0 Å². The van der Waals surface area contributed by atoms with Gasteiger partial charge < -0.3 is 4.98 Å². The van der Waals surface area contributed by atoms with Gasteiger partial charge in [-0.2, -0.15) is 0 Å². The second-order valence-corrected chi connectivity index (χ2v) is 6.91. The fourth-order valence-electron chi connectivity index (χ4n) is 3.56. The zero-order chi connectivity index (χ0) is 17.5. The van der Waals surface area contributed by atoms with Crippen molar-refractivity contribution in [1.29, 1.82) is 0 Å². The first-order chi connectivity index (χ1) is 12.8. The van der Waals surface area contributed by atoms with Gasteiger partial charge in [-0.25, -0.2) is 0 Å². The molecule has 0 spiro atoms. The maximum Gasteiger partial charge on any atom is 0.0654 e. The summed E-state index contributed by atoms with van der Waals surface area (Å²) in [5.74, 6) is 0. The predicted molar refractivity (Wildman–Crippen MR) is 112 cm³/mol. The van der Waals surface area contributed by atoms with Gasteiger partial charge in [0.2, 0.25) is 0 Å². The Morgan fingerprint density at radius 3 is 1.85 bits per heavy atom. The number of fused-ring (bicyclic) bond motifs is 3. The molecule has 124 valence electrons. The highest BCUT2D eigenvalue weighted by Crippen LogP contribution is 2.36. The number of aromatic nitrogens is 1. The Kier molecular flexibility index (Phi) is 3.55. The topological polar surface area (TPSA) is 15.8 Å². The molecule has 4 aromatic carbocycles. The summed E-state index contributed by atoms with van der Waals surface area (Å²) in [6.45, 7) is 0. The highest BCUT2D eigenvalue weighted by molar-refractivity contribution is 6.36. The van der Waals surface area contributed by atoms with Gasteiger partial charge in [-0.05, 0) is 46.5 Å². The Balaban J connectivity index is 1.78. The first-order valence-corrected chi connectivity index (χ1v) is 9.03. The van der Waals surface area contributed by atoms with Crippen LogP contribution in [-0.4, -0.2) is 4.98 Å². The van der Waals surface area contributed by atoms with Gasteiger partial charge in [0.1, 0.15) is 0 Å². The van der Waals surface area contributed by atoms with E-state index < -0.39 is 0 Å². The van der Waals surface area contributed by atoms with Crippen LogP contribution < -0.4 is 0 Å². The molecule has 5 rings (SSSR count). The maximum atomic E-state index is 6.61. The number of H-pyrrole nitrogens is 1. The number of aromatic amines is 1. The predicted octanol–water partition coefficient (Wildman–Crippen LogP) is 7.31. The van der Waals surface area contributed by atoms with Crippen molar-refractivity contribution in [1.82, 2.24) is 4.98 Å². The van der Waals surface area contributed by atoms with Crippen molar-refractivity contribution in [3.63, 3.8) is 0 Å². The Morgan fingerprint density at radius 1 is 0.538 bits per heavy atom. The van der Waals surface area contributed by atoms with Crippen LogP contribution in [0.15, 0.2) is 91.0 Å². The Labute approximate surface area is 156 Å². The van der Waals surface area contributed by atoms with E-state index in [0.29, 0.717) is 0 Å². The molecular weight excluding hydrogens is 338 g/mol. The second-order valence-electron chi connectivity index (χ2n) is 6.50. The number of hydrogen-bond donors (Lipinski definition) is 1. The summed E-state index contributed by atoms with van der Waals surface area (Å²) in [7, 11) is 0. The largest absolute Gasteiger partial charge is 0.353 e. The molecule has 0 saturated carbocycles. The molecule has 0 aliphatic carbocycles. The molecule has 0 saturated heterocycles. The number of halogens is 1. The summed E-state index contributed by atoms with van der Waals surface area (Å²) in [4.78, 5) is 3.47. The van der Waals surface area contributed by atoms with Gasteiger partial charge in [0.25, 0.3) is 0 Å². The molecule has 0 fully saturated rings. The zero-order valence-corrected chi connectivity index (χ0v) is 14.8. The Hall–Kier alpha value is -3.03. The molecule has 0 bridgehead atoms. The summed E-state index contributed by atoms with van der Waals surface area (Å²) in [5, 5.41) is 3.10. The van der Waals surface area contributed by atoms with Gasteiger partial charge in [0.05, 0.1) is 10.5 Å². The minimum Gasteiger partial charge on any atom is -0.353 e. The number of hydrogen-bond acceptors (Lipinski definition) is 0. The number of rotatable bonds is 2. The van der Waals surface area contributed by atoms with E-state index in [1.54, 1.807) is 0 Å². The zero-order valence-electron chi connectivity index (χ0n) is 14.0. The van der Waals surface area contributed by atoms with Gasteiger partial charge >= 0.3 is 0 Å². The lowest BCUT2D eigenvalue weighted by molar-refractivity contribution is 1.54. The highest BCUT2D eigenvalue weighted by atomic mass is 35.5. The number of nitrogens with one attached hydrogen (secondary N) is 1. The normalized spacial score (nSPS) is 11.3. The number of benzene rings is 4. The van der Waals surface area contributed by atoms with Crippen molar-refractivity contribution < 1.29 is 0 Å². The summed E-state index contributed by atoms with van der Waals surface area (Å²) in [6.07, 6.45) is 0. The minimum atomic E-state index is 0.749. The first kappa shape index (κ1) is 15.2. The molecule has 1 nitrogen and oxygen atoms in total. The standard InChI is InChI=1S/C24H16ClN/c25-22-15-19(17-9-5-2-6-10-17)14-21-20-13-18(16-7-3-1-4-8-16)11-12-23(20)26-24(21)22/h1-15,26H. The highest BCUT2D eigenvalue weighted by Gasteiger charge is 2.11. The average molecular weight is 354 g/mol. The third-order valence-corrected chi connectivity index (χ3v) is 5.17. The van der Waals surface area contributed by atoms with E-state index in [1.165, 1.54) is 22.1 Å². The van der Waals surface area contributed by atoms with Crippen molar-refractivity contribution in [2.45, 2.75) is 0 Å². The van der Waals surface area contributed by atoms with Crippen LogP contribution in [0.3, 0.4) is 0 Å². The third kappa shape index (κ3) is 2.49. The summed E-state index contributed by atoms with van der Waals surface area (Å²) in [5.41, 5.74) is 6.83.